The standard InChI is InChI=1S/C17H25NO4S/c1-5-10-21-16(20)18-14-13(15(19)22-17(2,3)4)11-8-6-7-9-12(11)23-14/h5-10H2,1-4H3,(H,18,20). The minimum absolute atomic E-state index is 0.360. The molecule has 0 unspecified atom stereocenters. The van der Waals surface area contributed by atoms with Gasteiger partial charge in [0, 0.05) is 4.88 Å². The van der Waals surface area contributed by atoms with Gasteiger partial charge in [-0.15, -0.1) is 11.3 Å². The molecule has 6 heteroatoms. The zero-order chi connectivity index (χ0) is 17.0. The van der Waals surface area contributed by atoms with E-state index in [2.05, 4.69) is 5.32 Å². The summed E-state index contributed by atoms with van der Waals surface area (Å²) in [6.07, 6.45) is 4.21. The summed E-state index contributed by atoms with van der Waals surface area (Å²) < 4.78 is 10.6. The van der Waals surface area contributed by atoms with Crippen LogP contribution in [0.15, 0.2) is 0 Å². The van der Waals surface area contributed by atoms with Crippen molar-refractivity contribution < 1.29 is 19.1 Å². The molecule has 0 saturated carbocycles. The maximum Gasteiger partial charge on any atom is 0.412 e. The second kappa shape index (κ2) is 7.34. The first-order valence-corrected chi connectivity index (χ1v) is 8.95. The first kappa shape index (κ1) is 17.8. The van der Waals surface area contributed by atoms with E-state index in [9.17, 15) is 9.59 Å². The second-order valence-corrected chi connectivity index (χ2v) is 7.78. The number of carbonyl (C=O) groups excluding carboxylic acids is 2. The number of hydrogen-bond donors (Lipinski definition) is 1. The third kappa shape index (κ3) is 4.70. The van der Waals surface area contributed by atoms with Crippen molar-refractivity contribution in [2.24, 2.45) is 0 Å². The van der Waals surface area contributed by atoms with Gasteiger partial charge in [-0.1, -0.05) is 6.92 Å². The van der Waals surface area contributed by atoms with Crippen molar-refractivity contribution in [3.63, 3.8) is 0 Å². The Morgan fingerprint density at radius 2 is 1.91 bits per heavy atom. The number of ether oxygens (including phenoxy) is 2. The van der Waals surface area contributed by atoms with E-state index in [1.807, 2.05) is 27.7 Å². The molecule has 1 N–H and O–H groups in total. The van der Waals surface area contributed by atoms with E-state index in [1.165, 1.54) is 16.2 Å². The van der Waals surface area contributed by atoms with Gasteiger partial charge in [-0.3, -0.25) is 5.32 Å². The Balaban J connectivity index is 2.28. The average Bonchev–Trinajstić information content (AvgIpc) is 2.81. The number of aryl methyl sites for hydroxylation is 1. The maximum absolute atomic E-state index is 12.6. The molecule has 0 radical (unpaired) electrons. The average molecular weight is 339 g/mol. The SMILES string of the molecule is CCCOC(=O)Nc1sc2c(c1C(=O)OC(C)(C)C)CCCC2. The minimum atomic E-state index is -0.569. The Hall–Kier alpha value is -1.56. The number of thiophene rings is 1. The monoisotopic (exact) mass is 339 g/mol. The Labute approximate surface area is 141 Å². The molecular weight excluding hydrogens is 314 g/mol. The van der Waals surface area contributed by atoms with Crippen molar-refractivity contribution in [2.45, 2.75) is 65.4 Å². The van der Waals surface area contributed by atoms with Crippen molar-refractivity contribution in [2.75, 3.05) is 11.9 Å². The van der Waals surface area contributed by atoms with Gasteiger partial charge in [0.1, 0.15) is 10.6 Å². The summed E-state index contributed by atoms with van der Waals surface area (Å²) in [5.74, 6) is -0.373. The molecule has 2 rings (SSSR count). The lowest BCUT2D eigenvalue weighted by atomic mass is 9.95. The molecule has 1 heterocycles. The Morgan fingerprint density at radius 3 is 2.57 bits per heavy atom. The van der Waals surface area contributed by atoms with E-state index < -0.39 is 11.7 Å². The highest BCUT2D eigenvalue weighted by Gasteiger charge is 2.29. The second-order valence-electron chi connectivity index (χ2n) is 6.68. The van der Waals surface area contributed by atoms with Crippen molar-refractivity contribution in [1.82, 2.24) is 0 Å². The first-order chi connectivity index (χ1) is 10.8. The summed E-state index contributed by atoms with van der Waals surface area (Å²) in [6.45, 7) is 7.81. The number of nitrogens with one attached hydrogen (secondary N) is 1. The van der Waals surface area contributed by atoms with Gasteiger partial charge in [-0.25, -0.2) is 9.59 Å². The number of hydrogen-bond acceptors (Lipinski definition) is 5. The van der Waals surface area contributed by atoms with Crippen molar-refractivity contribution in [1.29, 1.82) is 0 Å². The molecule has 1 amide bonds. The third-order valence-electron chi connectivity index (χ3n) is 3.43. The molecule has 0 spiro atoms. The predicted molar refractivity (Wildman–Crippen MR) is 91.4 cm³/mol. The lowest BCUT2D eigenvalue weighted by Crippen LogP contribution is -2.25. The molecule has 0 aromatic carbocycles. The molecule has 5 nitrogen and oxygen atoms in total. The van der Waals surface area contributed by atoms with Crippen LogP contribution in [0.3, 0.4) is 0 Å². The highest BCUT2D eigenvalue weighted by atomic mass is 32.1. The third-order valence-corrected chi connectivity index (χ3v) is 4.63. The van der Waals surface area contributed by atoms with E-state index in [0.717, 1.165) is 37.7 Å². The number of rotatable bonds is 4. The van der Waals surface area contributed by atoms with Crippen molar-refractivity contribution in [3.05, 3.63) is 16.0 Å². The number of amides is 1. The summed E-state index contributed by atoms with van der Waals surface area (Å²) in [5.41, 5.74) is 0.968. The van der Waals surface area contributed by atoms with E-state index in [-0.39, 0.29) is 5.97 Å². The lowest BCUT2D eigenvalue weighted by Gasteiger charge is -2.21. The van der Waals surface area contributed by atoms with Crippen molar-refractivity contribution in [3.8, 4) is 0 Å². The largest absolute Gasteiger partial charge is 0.456 e. The zero-order valence-corrected chi connectivity index (χ0v) is 15.1. The fraction of sp³-hybridized carbons (Fsp3) is 0.647. The van der Waals surface area contributed by atoms with Crippen LogP contribution >= 0.6 is 11.3 Å². The summed E-state index contributed by atoms with van der Waals surface area (Å²) in [4.78, 5) is 25.6. The fourth-order valence-electron chi connectivity index (χ4n) is 2.52. The molecule has 0 saturated heterocycles. The van der Waals surface area contributed by atoms with Gasteiger partial charge in [-0.05, 0) is 58.4 Å². The van der Waals surface area contributed by atoms with Gasteiger partial charge in [0.15, 0.2) is 0 Å². The van der Waals surface area contributed by atoms with Gasteiger partial charge in [0.05, 0.1) is 12.2 Å². The molecule has 128 valence electrons. The van der Waals surface area contributed by atoms with E-state index in [1.54, 1.807) is 0 Å². The van der Waals surface area contributed by atoms with Gasteiger partial charge < -0.3 is 9.47 Å². The van der Waals surface area contributed by atoms with E-state index in [4.69, 9.17) is 9.47 Å². The highest BCUT2D eigenvalue weighted by molar-refractivity contribution is 7.17. The maximum atomic E-state index is 12.6. The van der Waals surface area contributed by atoms with Crippen LogP contribution in [-0.4, -0.2) is 24.3 Å². The van der Waals surface area contributed by atoms with Crippen LogP contribution in [-0.2, 0) is 22.3 Å². The molecule has 0 aliphatic heterocycles. The van der Waals surface area contributed by atoms with Crippen LogP contribution in [0.1, 0.15) is 67.8 Å². The minimum Gasteiger partial charge on any atom is -0.456 e. The van der Waals surface area contributed by atoms with Gasteiger partial charge in [-0.2, -0.15) is 0 Å². The molecule has 1 aromatic heterocycles. The van der Waals surface area contributed by atoms with Crippen molar-refractivity contribution >= 4 is 28.4 Å². The van der Waals surface area contributed by atoms with Crippen LogP contribution in [0.25, 0.3) is 0 Å². The molecule has 1 aliphatic carbocycles. The quantitative estimate of drug-likeness (QED) is 0.818. The number of fused-ring (bicyclic) bond motifs is 1. The Morgan fingerprint density at radius 1 is 1.22 bits per heavy atom. The summed E-state index contributed by atoms with van der Waals surface area (Å²) in [5, 5.41) is 3.27. The zero-order valence-electron chi connectivity index (χ0n) is 14.3. The molecule has 0 fully saturated rings. The Kier molecular flexibility index (Phi) is 5.68. The number of carbonyl (C=O) groups is 2. The van der Waals surface area contributed by atoms with Crippen LogP contribution in [0.5, 0.6) is 0 Å². The molecule has 23 heavy (non-hydrogen) atoms. The number of anilines is 1. The van der Waals surface area contributed by atoms with Crippen LogP contribution in [0.4, 0.5) is 9.80 Å². The molecule has 0 atom stereocenters. The lowest BCUT2D eigenvalue weighted by molar-refractivity contribution is 0.00699. The molecule has 1 aliphatic rings. The summed E-state index contributed by atoms with van der Waals surface area (Å²) >= 11 is 1.47. The smallest absolute Gasteiger partial charge is 0.412 e. The van der Waals surface area contributed by atoms with Gasteiger partial charge in [0.2, 0.25) is 0 Å². The molecular formula is C17H25NO4S. The number of esters is 1. The summed E-state index contributed by atoms with van der Waals surface area (Å²) in [6, 6.07) is 0. The van der Waals surface area contributed by atoms with E-state index >= 15 is 0 Å². The van der Waals surface area contributed by atoms with Gasteiger partial charge in [0.25, 0.3) is 0 Å². The molecule has 0 bridgehead atoms. The summed E-state index contributed by atoms with van der Waals surface area (Å²) in [7, 11) is 0. The molecule has 1 aromatic rings. The van der Waals surface area contributed by atoms with Crippen LogP contribution in [0, 0.1) is 0 Å². The van der Waals surface area contributed by atoms with E-state index in [0.29, 0.717) is 17.2 Å². The normalized spacial score (nSPS) is 14.1. The van der Waals surface area contributed by atoms with Gasteiger partial charge >= 0.3 is 12.1 Å². The topological polar surface area (TPSA) is 64.6 Å². The highest BCUT2D eigenvalue weighted by Crippen LogP contribution is 2.39. The van der Waals surface area contributed by atoms with Crippen LogP contribution < -0.4 is 5.32 Å². The Bertz CT molecular complexity index is 586. The first-order valence-electron chi connectivity index (χ1n) is 8.13. The predicted octanol–water partition coefficient (Wildman–Crippen LogP) is 4.54. The fourth-order valence-corrected chi connectivity index (χ4v) is 3.79. The van der Waals surface area contributed by atoms with Crippen LogP contribution in [0.2, 0.25) is 0 Å².